The molecule has 0 spiro atoms. The number of aromatic nitrogens is 1. The third kappa shape index (κ3) is 2.96. The fourth-order valence-corrected chi connectivity index (χ4v) is 3.53. The van der Waals surface area contributed by atoms with Gasteiger partial charge in [-0.05, 0) is 18.6 Å². The van der Waals surface area contributed by atoms with Crippen molar-refractivity contribution in [2.45, 2.75) is 25.8 Å². The Morgan fingerprint density at radius 3 is 2.90 bits per heavy atom. The SMILES string of the molecule is CCC[C@H]1COC(=O)N1c1nc(-c2ccc(Br)cc2)cs1. The molecule has 1 amide bonds. The maximum absolute atomic E-state index is 11.9. The molecule has 0 bridgehead atoms. The van der Waals surface area contributed by atoms with Gasteiger partial charge in [-0.2, -0.15) is 0 Å². The van der Waals surface area contributed by atoms with Gasteiger partial charge in [-0.3, -0.25) is 0 Å². The molecule has 3 rings (SSSR count). The molecule has 2 heterocycles. The normalized spacial score (nSPS) is 18.1. The summed E-state index contributed by atoms with van der Waals surface area (Å²) in [7, 11) is 0. The standard InChI is InChI=1S/C15H15BrN2O2S/c1-2-3-12-8-20-15(19)18(12)14-17-13(9-21-14)10-4-6-11(16)7-5-10/h4-7,9,12H,2-3,8H2,1H3/t12-/m0/s1. The molecule has 110 valence electrons. The van der Waals surface area contributed by atoms with Crippen molar-refractivity contribution in [1.29, 1.82) is 0 Å². The molecule has 1 fully saturated rings. The van der Waals surface area contributed by atoms with Crippen LogP contribution in [0.15, 0.2) is 34.1 Å². The lowest BCUT2D eigenvalue weighted by atomic mass is 10.2. The van der Waals surface area contributed by atoms with Crippen LogP contribution in [-0.4, -0.2) is 23.7 Å². The Bertz CT molecular complexity index is 641. The predicted molar refractivity (Wildman–Crippen MR) is 87.8 cm³/mol. The molecule has 6 heteroatoms. The highest BCUT2D eigenvalue weighted by Gasteiger charge is 2.35. The fraction of sp³-hybridized carbons (Fsp3) is 0.333. The minimum atomic E-state index is -0.287. The van der Waals surface area contributed by atoms with Crippen molar-refractivity contribution in [2.75, 3.05) is 11.5 Å². The molecule has 21 heavy (non-hydrogen) atoms. The second-order valence-corrected chi connectivity index (χ2v) is 6.66. The zero-order valence-electron chi connectivity index (χ0n) is 11.6. The van der Waals surface area contributed by atoms with Crippen LogP contribution in [0, 0.1) is 0 Å². The van der Waals surface area contributed by atoms with Gasteiger partial charge in [0.1, 0.15) is 6.61 Å². The van der Waals surface area contributed by atoms with Crippen molar-refractivity contribution >= 4 is 38.5 Å². The highest BCUT2D eigenvalue weighted by atomic mass is 79.9. The van der Waals surface area contributed by atoms with Crippen LogP contribution in [0.2, 0.25) is 0 Å². The summed E-state index contributed by atoms with van der Waals surface area (Å²) in [6, 6.07) is 8.09. The van der Waals surface area contributed by atoms with Crippen LogP contribution < -0.4 is 4.90 Å². The van der Waals surface area contributed by atoms with Gasteiger partial charge in [-0.15, -0.1) is 11.3 Å². The number of hydrogen-bond donors (Lipinski definition) is 0. The van der Waals surface area contributed by atoms with E-state index in [9.17, 15) is 4.79 Å². The van der Waals surface area contributed by atoms with E-state index in [1.54, 1.807) is 4.90 Å². The lowest BCUT2D eigenvalue weighted by Gasteiger charge is -2.17. The minimum absolute atomic E-state index is 0.103. The van der Waals surface area contributed by atoms with E-state index < -0.39 is 0 Å². The summed E-state index contributed by atoms with van der Waals surface area (Å²) in [5.41, 5.74) is 1.93. The molecule has 0 unspecified atom stereocenters. The summed E-state index contributed by atoms with van der Waals surface area (Å²) >= 11 is 4.90. The first-order valence-corrected chi connectivity index (χ1v) is 8.53. The van der Waals surface area contributed by atoms with Crippen LogP contribution >= 0.6 is 27.3 Å². The quantitative estimate of drug-likeness (QED) is 0.787. The van der Waals surface area contributed by atoms with Crippen molar-refractivity contribution in [3.63, 3.8) is 0 Å². The number of carbonyl (C=O) groups is 1. The molecule has 2 aromatic rings. The van der Waals surface area contributed by atoms with Gasteiger partial charge in [0.2, 0.25) is 0 Å². The summed E-state index contributed by atoms with van der Waals surface area (Å²) in [4.78, 5) is 18.2. The van der Waals surface area contributed by atoms with Crippen LogP contribution in [0.5, 0.6) is 0 Å². The number of anilines is 1. The van der Waals surface area contributed by atoms with Gasteiger partial charge < -0.3 is 4.74 Å². The number of carbonyl (C=O) groups excluding carboxylic acids is 1. The Morgan fingerprint density at radius 2 is 2.19 bits per heavy atom. The average molecular weight is 367 g/mol. The number of cyclic esters (lactones) is 1. The lowest BCUT2D eigenvalue weighted by molar-refractivity contribution is 0.178. The molecule has 1 aromatic carbocycles. The molecule has 1 aliphatic rings. The summed E-state index contributed by atoms with van der Waals surface area (Å²) in [6.07, 6.45) is 1.66. The van der Waals surface area contributed by atoms with Crippen molar-refractivity contribution in [2.24, 2.45) is 0 Å². The molecular weight excluding hydrogens is 352 g/mol. The first-order chi connectivity index (χ1) is 10.2. The Kier molecular flexibility index (Phi) is 4.26. The summed E-state index contributed by atoms with van der Waals surface area (Å²) in [5.74, 6) is 0. The molecule has 4 nitrogen and oxygen atoms in total. The van der Waals surface area contributed by atoms with Gasteiger partial charge >= 0.3 is 6.09 Å². The van der Waals surface area contributed by atoms with Crippen molar-refractivity contribution < 1.29 is 9.53 Å². The summed E-state index contributed by atoms with van der Waals surface area (Å²) < 4.78 is 6.20. The molecule has 1 atom stereocenters. The predicted octanol–water partition coefficient (Wildman–Crippen LogP) is 4.70. The van der Waals surface area contributed by atoms with E-state index in [4.69, 9.17) is 4.74 Å². The molecule has 0 saturated carbocycles. The Morgan fingerprint density at radius 1 is 1.43 bits per heavy atom. The number of halogens is 1. The third-order valence-corrected chi connectivity index (χ3v) is 4.79. The number of benzene rings is 1. The number of rotatable bonds is 4. The summed E-state index contributed by atoms with van der Waals surface area (Å²) in [5, 5.41) is 2.70. The maximum atomic E-state index is 11.9. The van der Waals surface area contributed by atoms with Crippen molar-refractivity contribution in [3.8, 4) is 11.3 Å². The van der Waals surface area contributed by atoms with Crippen LogP contribution in [-0.2, 0) is 4.74 Å². The largest absolute Gasteiger partial charge is 0.447 e. The summed E-state index contributed by atoms with van der Waals surface area (Å²) in [6.45, 7) is 2.57. The Balaban J connectivity index is 1.87. The topological polar surface area (TPSA) is 42.4 Å². The highest BCUT2D eigenvalue weighted by molar-refractivity contribution is 9.10. The van der Waals surface area contributed by atoms with Crippen LogP contribution in [0.4, 0.5) is 9.93 Å². The first-order valence-electron chi connectivity index (χ1n) is 6.86. The zero-order valence-corrected chi connectivity index (χ0v) is 14.0. The van der Waals surface area contributed by atoms with Crippen LogP contribution in [0.1, 0.15) is 19.8 Å². The minimum Gasteiger partial charge on any atom is -0.447 e. The monoisotopic (exact) mass is 366 g/mol. The molecule has 0 N–H and O–H groups in total. The van der Waals surface area contributed by atoms with Crippen LogP contribution in [0.3, 0.4) is 0 Å². The smallest absolute Gasteiger partial charge is 0.416 e. The number of thiazole rings is 1. The molecular formula is C15H15BrN2O2S. The van der Waals surface area contributed by atoms with Crippen molar-refractivity contribution in [3.05, 3.63) is 34.1 Å². The van der Waals surface area contributed by atoms with Gasteiger partial charge in [0.05, 0.1) is 11.7 Å². The Hall–Kier alpha value is -1.40. The number of ether oxygens (including phenoxy) is 1. The lowest BCUT2D eigenvalue weighted by Crippen LogP contribution is -2.33. The highest BCUT2D eigenvalue weighted by Crippen LogP contribution is 2.32. The van der Waals surface area contributed by atoms with E-state index in [0.717, 1.165) is 28.6 Å². The van der Waals surface area contributed by atoms with Gasteiger partial charge in [0, 0.05) is 15.4 Å². The van der Waals surface area contributed by atoms with Gasteiger partial charge in [-0.1, -0.05) is 41.4 Å². The van der Waals surface area contributed by atoms with E-state index in [-0.39, 0.29) is 12.1 Å². The number of nitrogens with zero attached hydrogens (tertiary/aromatic N) is 2. The Labute approximate surface area is 135 Å². The number of amides is 1. The van der Waals surface area contributed by atoms with Gasteiger partial charge in [-0.25, -0.2) is 14.7 Å². The maximum Gasteiger partial charge on any atom is 0.416 e. The van der Waals surface area contributed by atoms with E-state index in [1.165, 1.54) is 11.3 Å². The van der Waals surface area contributed by atoms with Crippen LogP contribution in [0.25, 0.3) is 11.3 Å². The van der Waals surface area contributed by atoms with E-state index >= 15 is 0 Å². The van der Waals surface area contributed by atoms with E-state index in [2.05, 4.69) is 27.8 Å². The number of hydrogen-bond acceptors (Lipinski definition) is 4. The molecule has 0 aliphatic carbocycles. The zero-order chi connectivity index (χ0) is 14.8. The van der Waals surface area contributed by atoms with E-state index in [0.29, 0.717) is 11.7 Å². The van der Waals surface area contributed by atoms with E-state index in [1.807, 2.05) is 29.6 Å². The van der Waals surface area contributed by atoms with Gasteiger partial charge in [0.15, 0.2) is 5.13 Å². The fourth-order valence-electron chi connectivity index (χ4n) is 2.37. The second-order valence-electron chi connectivity index (χ2n) is 4.91. The molecule has 1 aromatic heterocycles. The molecule has 0 radical (unpaired) electrons. The second kappa shape index (κ2) is 6.15. The molecule has 1 aliphatic heterocycles. The van der Waals surface area contributed by atoms with Crippen molar-refractivity contribution in [1.82, 2.24) is 4.98 Å². The van der Waals surface area contributed by atoms with Gasteiger partial charge in [0.25, 0.3) is 0 Å². The third-order valence-electron chi connectivity index (χ3n) is 3.42. The molecule has 1 saturated heterocycles. The first kappa shape index (κ1) is 14.5. The average Bonchev–Trinajstić information content (AvgIpc) is 3.07.